The van der Waals surface area contributed by atoms with Crippen LogP contribution in [0.3, 0.4) is 0 Å². The van der Waals surface area contributed by atoms with Crippen LogP contribution in [0.4, 0.5) is 5.82 Å². The molecule has 0 aromatic carbocycles. The number of carbonyl (C=O) groups is 1. The van der Waals surface area contributed by atoms with Gasteiger partial charge in [-0.05, 0) is 36.6 Å². The van der Waals surface area contributed by atoms with E-state index in [4.69, 9.17) is 17.3 Å². The molecule has 18 heavy (non-hydrogen) atoms. The Morgan fingerprint density at radius 3 is 3.17 bits per heavy atom. The number of nitrogens with zero attached hydrogens (tertiary/aromatic N) is 4. The fraction of sp³-hybridized carbons (Fsp3) is 0.364. The lowest BCUT2D eigenvalue weighted by atomic mass is 10.2. The number of primary amides is 1. The Bertz CT molecular complexity index is 610. The zero-order valence-corrected chi connectivity index (χ0v) is 10.3. The predicted molar refractivity (Wildman–Crippen MR) is 67.6 cm³/mol. The third-order valence-corrected chi connectivity index (χ3v) is 3.36. The van der Waals surface area contributed by atoms with Gasteiger partial charge in [-0.1, -0.05) is 0 Å². The van der Waals surface area contributed by atoms with Gasteiger partial charge < -0.3 is 10.6 Å². The molecule has 2 aromatic rings. The number of carbonyl (C=O) groups excluding carboxylic acids is 1. The van der Waals surface area contributed by atoms with E-state index in [9.17, 15) is 4.79 Å². The first-order valence-electron chi connectivity index (χ1n) is 5.73. The van der Waals surface area contributed by atoms with E-state index in [1.807, 2.05) is 17.0 Å². The quantitative estimate of drug-likeness (QED) is 0.873. The molecule has 1 aliphatic rings. The van der Waals surface area contributed by atoms with Gasteiger partial charge >= 0.3 is 0 Å². The molecule has 1 amide bonds. The maximum absolute atomic E-state index is 11.4. The van der Waals surface area contributed by atoms with Crippen molar-refractivity contribution in [2.24, 2.45) is 5.73 Å². The van der Waals surface area contributed by atoms with E-state index in [0.717, 1.165) is 24.9 Å². The molecule has 7 heteroatoms. The van der Waals surface area contributed by atoms with Gasteiger partial charge in [0.05, 0.1) is 0 Å². The zero-order valence-electron chi connectivity index (χ0n) is 9.58. The number of nitrogens with two attached hydrogens (primary N) is 1. The van der Waals surface area contributed by atoms with Crippen molar-refractivity contribution in [2.45, 2.75) is 18.9 Å². The Morgan fingerprint density at radius 1 is 1.56 bits per heavy atom. The maximum Gasteiger partial charge on any atom is 0.243 e. The molecule has 1 saturated heterocycles. The molecule has 1 aliphatic heterocycles. The molecular weight excluding hydrogens is 254 g/mol. The fourth-order valence-corrected chi connectivity index (χ4v) is 2.58. The molecule has 1 atom stereocenters. The van der Waals surface area contributed by atoms with Crippen LogP contribution in [0.25, 0.3) is 5.52 Å². The molecule has 2 aromatic heterocycles. The Morgan fingerprint density at radius 2 is 2.39 bits per heavy atom. The highest BCUT2D eigenvalue weighted by molar-refractivity contribution is 6.28. The number of fused-ring (bicyclic) bond motifs is 1. The van der Waals surface area contributed by atoms with Gasteiger partial charge in [-0.3, -0.25) is 4.79 Å². The molecule has 0 saturated carbocycles. The van der Waals surface area contributed by atoms with E-state index in [1.54, 1.807) is 10.7 Å². The lowest BCUT2D eigenvalue weighted by Crippen LogP contribution is -2.41. The molecule has 2 N–H and O–H groups in total. The van der Waals surface area contributed by atoms with Crippen LogP contribution in [-0.4, -0.2) is 33.1 Å². The molecule has 3 rings (SSSR count). The minimum absolute atomic E-state index is 0.156. The van der Waals surface area contributed by atoms with Crippen molar-refractivity contribution in [1.29, 1.82) is 0 Å². The number of anilines is 1. The first-order chi connectivity index (χ1) is 8.66. The van der Waals surface area contributed by atoms with Crippen LogP contribution in [0.2, 0.25) is 5.28 Å². The van der Waals surface area contributed by atoms with Gasteiger partial charge in [-0.15, -0.1) is 5.10 Å². The van der Waals surface area contributed by atoms with Crippen molar-refractivity contribution >= 4 is 28.8 Å². The summed E-state index contributed by atoms with van der Waals surface area (Å²) >= 11 is 5.90. The standard InChI is InChI=1S/C11H12ClN5O/c12-11-14-10(8-4-2-6-17(8)15-11)16-5-1-3-7(16)9(13)18/h2,4,6-7H,1,3,5H2,(H2,13,18)/t7-/m0/s1. The summed E-state index contributed by atoms with van der Waals surface area (Å²) in [5.74, 6) is 0.341. The summed E-state index contributed by atoms with van der Waals surface area (Å²) in [6.45, 7) is 0.752. The number of hydrogen-bond acceptors (Lipinski definition) is 4. The minimum atomic E-state index is -0.327. The summed E-state index contributed by atoms with van der Waals surface area (Å²) in [4.78, 5) is 17.6. The first-order valence-corrected chi connectivity index (χ1v) is 6.11. The van der Waals surface area contributed by atoms with Gasteiger partial charge in [0.25, 0.3) is 0 Å². The largest absolute Gasteiger partial charge is 0.368 e. The zero-order chi connectivity index (χ0) is 12.7. The summed E-state index contributed by atoms with van der Waals surface area (Å²) in [7, 11) is 0. The van der Waals surface area contributed by atoms with E-state index in [0.29, 0.717) is 5.82 Å². The normalized spacial score (nSPS) is 19.6. The van der Waals surface area contributed by atoms with Gasteiger partial charge in [-0.2, -0.15) is 4.98 Å². The third kappa shape index (κ3) is 1.69. The van der Waals surface area contributed by atoms with Crippen LogP contribution in [0, 0.1) is 0 Å². The van der Waals surface area contributed by atoms with Crippen molar-refractivity contribution in [1.82, 2.24) is 14.6 Å². The second-order valence-corrected chi connectivity index (χ2v) is 4.63. The Labute approximate surface area is 108 Å². The number of aromatic nitrogens is 3. The summed E-state index contributed by atoms with van der Waals surface area (Å²) in [5.41, 5.74) is 6.25. The van der Waals surface area contributed by atoms with Crippen LogP contribution in [-0.2, 0) is 4.79 Å². The van der Waals surface area contributed by atoms with E-state index >= 15 is 0 Å². The predicted octanol–water partition coefficient (Wildman–Crippen LogP) is 0.837. The third-order valence-electron chi connectivity index (χ3n) is 3.20. The van der Waals surface area contributed by atoms with Crippen LogP contribution in [0.15, 0.2) is 18.3 Å². The molecule has 0 radical (unpaired) electrons. The van der Waals surface area contributed by atoms with E-state index in [1.165, 1.54) is 0 Å². The van der Waals surface area contributed by atoms with Crippen LogP contribution < -0.4 is 10.6 Å². The molecule has 0 bridgehead atoms. The number of hydrogen-bond donors (Lipinski definition) is 1. The second-order valence-electron chi connectivity index (χ2n) is 4.30. The molecular formula is C11H12ClN5O. The molecule has 0 aliphatic carbocycles. The summed E-state index contributed by atoms with van der Waals surface area (Å²) in [6.07, 6.45) is 3.47. The molecule has 94 valence electrons. The van der Waals surface area contributed by atoms with E-state index < -0.39 is 0 Å². The van der Waals surface area contributed by atoms with Gasteiger partial charge in [0.2, 0.25) is 11.2 Å². The topological polar surface area (TPSA) is 76.5 Å². The van der Waals surface area contributed by atoms with Gasteiger partial charge in [0.1, 0.15) is 11.6 Å². The van der Waals surface area contributed by atoms with E-state index in [2.05, 4.69) is 10.1 Å². The smallest absolute Gasteiger partial charge is 0.243 e. The molecule has 0 unspecified atom stereocenters. The fourth-order valence-electron chi connectivity index (χ4n) is 2.42. The van der Waals surface area contributed by atoms with Crippen molar-refractivity contribution in [3.63, 3.8) is 0 Å². The maximum atomic E-state index is 11.4. The Kier molecular flexibility index (Phi) is 2.59. The van der Waals surface area contributed by atoms with Crippen molar-refractivity contribution in [3.05, 3.63) is 23.6 Å². The lowest BCUT2D eigenvalue weighted by molar-refractivity contribution is -0.119. The monoisotopic (exact) mass is 265 g/mol. The van der Waals surface area contributed by atoms with Crippen LogP contribution in [0.1, 0.15) is 12.8 Å². The van der Waals surface area contributed by atoms with Crippen LogP contribution in [0.5, 0.6) is 0 Å². The molecule has 1 fully saturated rings. The Hall–Kier alpha value is -1.82. The van der Waals surface area contributed by atoms with Crippen molar-refractivity contribution < 1.29 is 4.79 Å². The molecule has 3 heterocycles. The first kappa shape index (κ1) is 11.3. The van der Waals surface area contributed by atoms with Crippen molar-refractivity contribution in [3.8, 4) is 0 Å². The van der Waals surface area contributed by atoms with Gasteiger partial charge in [0, 0.05) is 12.7 Å². The number of halogens is 1. The second kappa shape index (κ2) is 4.13. The van der Waals surface area contributed by atoms with E-state index in [-0.39, 0.29) is 17.2 Å². The highest BCUT2D eigenvalue weighted by atomic mass is 35.5. The molecule has 6 nitrogen and oxygen atoms in total. The molecule has 0 spiro atoms. The van der Waals surface area contributed by atoms with Crippen LogP contribution >= 0.6 is 11.6 Å². The average molecular weight is 266 g/mol. The number of amides is 1. The highest BCUT2D eigenvalue weighted by Gasteiger charge is 2.31. The highest BCUT2D eigenvalue weighted by Crippen LogP contribution is 2.28. The average Bonchev–Trinajstić information content (AvgIpc) is 2.95. The number of rotatable bonds is 2. The van der Waals surface area contributed by atoms with Gasteiger partial charge in [-0.25, -0.2) is 4.52 Å². The minimum Gasteiger partial charge on any atom is -0.368 e. The SMILES string of the molecule is NC(=O)[C@@H]1CCCN1c1nc(Cl)nn2cccc12. The van der Waals surface area contributed by atoms with Gasteiger partial charge in [0.15, 0.2) is 5.82 Å². The summed E-state index contributed by atoms with van der Waals surface area (Å²) in [6, 6.07) is 3.44. The summed E-state index contributed by atoms with van der Waals surface area (Å²) < 4.78 is 1.65. The summed E-state index contributed by atoms with van der Waals surface area (Å²) in [5, 5.41) is 4.22. The lowest BCUT2D eigenvalue weighted by Gasteiger charge is -2.23. The Balaban J connectivity index is 2.13. The van der Waals surface area contributed by atoms with Crippen molar-refractivity contribution in [2.75, 3.05) is 11.4 Å².